The molecule has 0 bridgehead atoms. The number of nitrogens with one attached hydrogen (secondary N) is 1. The zero-order chi connectivity index (χ0) is 17.5. The van der Waals surface area contributed by atoms with Gasteiger partial charge >= 0.3 is 5.97 Å². The van der Waals surface area contributed by atoms with E-state index >= 15 is 0 Å². The van der Waals surface area contributed by atoms with Crippen LogP contribution in [0.1, 0.15) is 6.92 Å². The number of esters is 1. The molecular formula is C16H16BrN3O4. The van der Waals surface area contributed by atoms with Crippen LogP contribution in [0.2, 0.25) is 0 Å². The molecule has 0 saturated carbocycles. The van der Waals surface area contributed by atoms with Gasteiger partial charge in [-0.1, -0.05) is 28.1 Å². The van der Waals surface area contributed by atoms with Gasteiger partial charge in [-0.15, -0.1) is 0 Å². The smallest absolute Gasteiger partial charge is 0.325 e. The van der Waals surface area contributed by atoms with Crippen LogP contribution in [0.15, 0.2) is 45.7 Å². The predicted molar refractivity (Wildman–Crippen MR) is 91.3 cm³/mol. The van der Waals surface area contributed by atoms with Gasteiger partial charge in [-0.05, 0) is 25.1 Å². The number of ether oxygens (including phenoxy) is 1. The van der Waals surface area contributed by atoms with E-state index in [4.69, 9.17) is 4.74 Å². The van der Waals surface area contributed by atoms with Crippen LogP contribution in [0.5, 0.6) is 0 Å². The van der Waals surface area contributed by atoms with E-state index in [0.29, 0.717) is 5.69 Å². The van der Waals surface area contributed by atoms with E-state index in [-0.39, 0.29) is 19.7 Å². The van der Waals surface area contributed by atoms with Crippen molar-refractivity contribution in [3.8, 4) is 11.3 Å². The normalized spacial score (nSPS) is 10.2. The molecular weight excluding hydrogens is 378 g/mol. The topological polar surface area (TPSA) is 90.3 Å². The van der Waals surface area contributed by atoms with Gasteiger partial charge in [0.05, 0.1) is 12.3 Å². The van der Waals surface area contributed by atoms with Gasteiger partial charge in [0, 0.05) is 16.1 Å². The molecule has 1 amide bonds. The Hall–Kier alpha value is -2.48. The molecule has 0 atom stereocenters. The molecule has 1 aromatic carbocycles. The Bertz CT molecular complexity index is 804. The molecule has 0 unspecified atom stereocenters. The monoisotopic (exact) mass is 393 g/mol. The SMILES string of the molecule is CCOC(=O)CNC(=O)Cn1nc(-c2cccc(Br)c2)ccc1=O. The number of aromatic nitrogens is 2. The summed E-state index contributed by atoms with van der Waals surface area (Å²) in [5.41, 5.74) is 0.971. The highest BCUT2D eigenvalue weighted by Gasteiger charge is 2.10. The minimum absolute atomic E-state index is 0.240. The van der Waals surface area contributed by atoms with E-state index in [9.17, 15) is 14.4 Å². The molecule has 1 aromatic heterocycles. The van der Waals surface area contributed by atoms with Crippen LogP contribution in [-0.4, -0.2) is 34.8 Å². The lowest BCUT2D eigenvalue weighted by Crippen LogP contribution is -2.36. The highest BCUT2D eigenvalue weighted by molar-refractivity contribution is 9.10. The van der Waals surface area contributed by atoms with Gasteiger partial charge in [-0.25, -0.2) is 4.68 Å². The maximum Gasteiger partial charge on any atom is 0.325 e. The van der Waals surface area contributed by atoms with Gasteiger partial charge in [-0.2, -0.15) is 5.10 Å². The van der Waals surface area contributed by atoms with E-state index in [2.05, 4.69) is 26.3 Å². The van der Waals surface area contributed by atoms with Gasteiger partial charge < -0.3 is 10.1 Å². The van der Waals surface area contributed by atoms with Crippen LogP contribution >= 0.6 is 15.9 Å². The molecule has 0 saturated heterocycles. The molecule has 0 aliphatic rings. The third kappa shape index (κ3) is 5.02. The molecule has 2 rings (SSSR count). The van der Waals surface area contributed by atoms with Gasteiger partial charge in [0.15, 0.2) is 0 Å². The quantitative estimate of drug-likeness (QED) is 0.748. The van der Waals surface area contributed by atoms with Gasteiger partial charge in [0.2, 0.25) is 5.91 Å². The van der Waals surface area contributed by atoms with Crippen molar-refractivity contribution in [1.82, 2.24) is 15.1 Å². The van der Waals surface area contributed by atoms with Crippen molar-refractivity contribution in [1.29, 1.82) is 0 Å². The molecule has 0 aliphatic heterocycles. The number of amides is 1. The largest absolute Gasteiger partial charge is 0.465 e. The number of rotatable bonds is 6. The molecule has 1 heterocycles. The van der Waals surface area contributed by atoms with Crippen molar-refractivity contribution in [3.63, 3.8) is 0 Å². The summed E-state index contributed by atoms with van der Waals surface area (Å²) in [5.74, 6) is -1.03. The summed E-state index contributed by atoms with van der Waals surface area (Å²) < 4.78 is 6.65. The Labute approximate surface area is 146 Å². The van der Waals surface area contributed by atoms with E-state index in [1.807, 2.05) is 24.3 Å². The van der Waals surface area contributed by atoms with Crippen LogP contribution in [0, 0.1) is 0 Å². The van der Waals surface area contributed by atoms with E-state index in [0.717, 1.165) is 14.7 Å². The lowest BCUT2D eigenvalue weighted by atomic mass is 10.1. The fourth-order valence-corrected chi connectivity index (χ4v) is 2.34. The minimum Gasteiger partial charge on any atom is -0.465 e. The molecule has 0 fully saturated rings. The highest BCUT2D eigenvalue weighted by atomic mass is 79.9. The first-order valence-corrected chi connectivity index (χ1v) is 8.05. The summed E-state index contributed by atoms with van der Waals surface area (Å²) in [5, 5.41) is 6.58. The van der Waals surface area contributed by atoms with Crippen LogP contribution in [-0.2, 0) is 20.9 Å². The molecule has 0 aliphatic carbocycles. The van der Waals surface area contributed by atoms with Crippen molar-refractivity contribution >= 4 is 27.8 Å². The summed E-state index contributed by atoms with van der Waals surface area (Å²) in [4.78, 5) is 34.9. The number of halogens is 1. The van der Waals surface area contributed by atoms with Crippen LogP contribution in [0.3, 0.4) is 0 Å². The van der Waals surface area contributed by atoms with E-state index in [1.165, 1.54) is 6.07 Å². The molecule has 7 nitrogen and oxygen atoms in total. The number of carbonyl (C=O) groups is 2. The van der Waals surface area contributed by atoms with Crippen LogP contribution < -0.4 is 10.9 Å². The fourth-order valence-electron chi connectivity index (χ4n) is 1.94. The lowest BCUT2D eigenvalue weighted by molar-refractivity contribution is -0.143. The maximum absolute atomic E-state index is 11.9. The molecule has 1 N–H and O–H groups in total. The summed E-state index contributed by atoms with van der Waals surface area (Å²) in [6, 6.07) is 10.4. The number of nitrogens with zero attached hydrogens (tertiary/aromatic N) is 2. The summed E-state index contributed by atoms with van der Waals surface area (Å²) in [6.45, 7) is 1.40. The zero-order valence-corrected chi connectivity index (χ0v) is 14.6. The van der Waals surface area contributed by atoms with Crippen molar-refractivity contribution in [2.75, 3.05) is 13.2 Å². The average Bonchev–Trinajstić information content (AvgIpc) is 2.55. The van der Waals surface area contributed by atoms with Crippen LogP contribution in [0.4, 0.5) is 0 Å². The highest BCUT2D eigenvalue weighted by Crippen LogP contribution is 2.20. The molecule has 0 spiro atoms. The molecule has 126 valence electrons. The third-order valence-corrected chi connectivity index (χ3v) is 3.51. The first-order chi connectivity index (χ1) is 11.5. The van der Waals surface area contributed by atoms with Gasteiger partial charge in [0.1, 0.15) is 13.1 Å². The number of benzene rings is 1. The molecule has 8 heteroatoms. The Balaban J connectivity index is 2.10. The third-order valence-electron chi connectivity index (χ3n) is 3.02. The van der Waals surface area contributed by atoms with Crippen molar-refractivity contribution < 1.29 is 14.3 Å². The summed E-state index contributed by atoms with van der Waals surface area (Å²) in [7, 11) is 0. The Kier molecular flexibility index (Phi) is 6.25. The summed E-state index contributed by atoms with van der Waals surface area (Å²) >= 11 is 3.38. The summed E-state index contributed by atoms with van der Waals surface area (Å²) in [6.07, 6.45) is 0. The van der Waals surface area contributed by atoms with Crippen molar-refractivity contribution in [2.24, 2.45) is 0 Å². The van der Waals surface area contributed by atoms with Crippen molar-refractivity contribution in [2.45, 2.75) is 13.5 Å². The second-order valence-corrected chi connectivity index (χ2v) is 5.72. The van der Waals surface area contributed by atoms with E-state index < -0.39 is 17.4 Å². The Morgan fingerprint density at radius 1 is 1.29 bits per heavy atom. The first kappa shape index (κ1) is 17.9. The first-order valence-electron chi connectivity index (χ1n) is 7.26. The zero-order valence-electron chi connectivity index (χ0n) is 13.0. The second-order valence-electron chi connectivity index (χ2n) is 4.81. The molecule has 2 aromatic rings. The van der Waals surface area contributed by atoms with Crippen LogP contribution in [0.25, 0.3) is 11.3 Å². The number of carbonyl (C=O) groups excluding carboxylic acids is 2. The number of hydrogen-bond acceptors (Lipinski definition) is 5. The van der Waals surface area contributed by atoms with Crippen molar-refractivity contribution in [3.05, 3.63) is 51.2 Å². The lowest BCUT2D eigenvalue weighted by Gasteiger charge is -2.08. The van der Waals surface area contributed by atoms with Gasteiger partial charge in [0.25, 0.3) is 5.56 Å². The predicted octanol–water partition coefficient (Wildman–Crippen LogP) is 1.35. The Morgan fingerprint density at radius 3 is 2.79 bits per heavy atom. The second kappa shape index (κ2) is 8.39. The Morgan fingerprint density at radius 2 is 2.08 bits per heavy atom. The van der Waals surface area contributed by atoms with E-state index in [1.54, 1.807) is 13.0 Å². The minimum atomic E-state index is -0.533. The maximum atomic E-state index is 11.9. The fraction of sp³-hybridized carbons (Fsp3) is 0.250. The standard InChI is InChI=1S/C16H16BrN3O4/c1-2-24-16(23)9-18-14(21)10-20-15(22)7-6-13(19-20)11-4-3-5-12(17)8-11/h3-8H,2,9-10H2,1H3,(H,18,21). The average molecular weight is 394 g/mol. The van der Waals surface area contributed by atoms with Gasteiger partial charge in [-0.3, -0.25) is 14.4 Å². The molecule has 0 radical (unpaired) electrons. The number of hydrogen-bond donors (Lipinski definition) is 1. The molecule has 24 heavy (non-hydrogen) atoms.